The van der Waals surface area contributed by atoms with E-state index in [1.165, 1.54) is 0 Å². The number of benzene rings is 1. The van der Waals surface area contributed by atoms with E-state index in [1.54, 1.807) is 7.11 Å². The number of hydrogen-bond acceptors (Lipinski definition) is 4. The summed E-state index contributed by atoms with van der Waals surface area (Å²) in [5, 5.41) is 3.24. The molecule has 1 heterocycles. The van der Waals surface area contributed by atoms with Gasteiger partial charge >= 0.3 is 0 Å². The number of carbonyl (C=O) groups is 1. The molecule has 1 saturated heterocycles. The zero-order valence-corrected chi connectivity index (χ0v) is 16.3. The summed E-state index contributed by atoms with van der Waals surface area (Å²) < 4.78 is 5.31. The number of methoxy groups -OCH3 is 1. The Bertz CT molecular complexity index is 559. The summed E-state index contributed by atoms with van der Waals surface area (Å²) in [5.74, 6) is 1.17. The fourth-order valence-corrected chi connectivity index (χ4v) is 3.71. The molecule has 1 saturated carbocycles. The molecule has 1 aliphatic heterocycles. The van der Waals surface area contributed by atoms with Crippen LogP contribution in [-0.2, 0) is 4.79 Å². The number of anilines is 1. The molecule has 0 bridgehead atoms. The Balaban J connectivity index is 0.00000156. The monoisotopic (exact) mass is 389 g/mol. The van der Waals surface area contributed by atoms with E-state index in [2.05, 4.69) is 22.3 Å². The lowest BCUT2D eigenvalue weighted by Crippen LogP contribution is -2.49. The van der Waals surface area contributed by atoms with Gasteiger partial charge in [-0.1, -0.05) is 6.07 Å². The lowest BCUT2D eigenvalue weighted by molar-refractivity contribution is -0.125. The van der Waals surface area contributed by atoms with E-state index in [-0.39, 0.29) is 48.7 Å². The summed E-state index contributed by atoms with van der Waals surface area (Å²) in [6.07, 6.45) is 4.87. The summed E-state index contributed by atoms with van der Waals surface area (Å²) in [6, 6.07) is 8.54. The van der Waals surface area contributed by atoms with Crippen molar-refractivity contribution in [1.82, 2.24) is 5.32 Å². The molecule has 5 nitrogen and oxygen atoms in total. The highest BCUT2D eigenvalue weighted by atomic mass is 35.5. The SMILES string of the molecule is COc1cccc(N2CCCC(NC(=O)C3CCC(N)C3)C2)c1.Cl.Cl. The van der Waals surface area contributed by atoms with Gasteiger partial charge in [-0.3, -0.25) is 4.79 Å². The Kier molecular flexibility index (Phi) is 8.83. The second-order valence-electron chi connectivity index (χ2n) is 6.77. The number of halogens is 2. The van der Waals surface area contributed by atoms with Gasteiger partial charge in [-0.05, 0) is 44.2 Å². The van der Waals surface area contributed by atoms with Gasteiger partial charge in [0.1, 0.15) is 5.75 Å². The maximum Gasteiger partial charge on any atom is 0.223 e. The van der Waals surface area contributed by atoms with Crippen molar-refractivity contribution in [2.24, 2.45) is 11.7 Å². The molecule has 25 heavy (non-hydrogen) atoms. The topological polar surface area (TPSA) is 67.6 Å². The van der Waals surface area contributed by atoms with Gasteiger partial charge in [-0.15, -0.1) is 24.8 Å². The van der Waals surface area contributed by atoms with Crippen molar-refractivity contribution in [3.05, 3.63) is 24.3 Å². The van der Waals surface area contributed by atoms with Gasteiger partial charge in [0.15, 0.2) is 0 Å². The van der Waals surface area contributed by atoms with Crippen LogP contribution in [0.5, 0.6) is 5.75 Å². The van der Waals surface area contributed by atoms with Gasteiger partial charge < -0.3 is 20.7 Å². The van der Waals surface area contributed by atoms with E-state index in [4.69, 9.17) is 10.5 Å². The molecule has 0 aromatic heterocycles. The van der Waals surface area contributed by atoms with Crippen molar-refractivity contribution >= 4 is 36.4 Å². The van der Waals surface area contributed by atoms with E-state index in [1.807, 2.05) is 12.1 Å². The number of carbonyl (C=O) groups excluding carboxylic acids is 1. The third-order valence-electron chi connectivity index (χ3n) is 5.03. The first-order valence-corrected chi connectivity index (χ1v) is 8.60. The number of ether oxygens (including phenoxy) is 1. The Morgan fingerprint density at radius 2 is 2.08 bits per heavy atom. The van der Waals surface area contributed by atoms with E-state index in [0.717, 1.165) is 56.6 Å². The number of rotatable bonds is 4. The van der Waals surface area contributed by atoms with Crippen LogP contribution in [0.1, 0.15) is 32.1 Å². The van der Waals surface area contributed by atoms with Gasteiger partial charge in [0, 0.05) is 42.8 Å². The lowest BCUT2D eigenvalue weighted by atomic mass is 10.0. The number of hydrogen-bond donors (Lipinski definition) is 2. The van der Waals surface area contributed by atoms with Crippen LogP contribution in [0, 0.1) is 5.92 Å². The van der Waals surface area contributed by atoms with Gasteiger partial charge in [-0.2, -0.15) is 0 Å². The van der Waals surface area contributed by atoms with E-state index in [9.17, 15) is 4.79 Å². The fraction of sp³-hybridized carbons (Fsp3) is 0.611. The van der Waals surface area contributed by atoms with Crippen molar-refractivity contribution in [2.45, 2.75) is 44.2 Å². The van der Waals surface area contributed by atoms with Crippen LogP contribution in [0.4, 0.5) is 5.69 Å². The average molecular weight is 390 g/mol. The molecule has 1 aromatic carbocycles. The molecular weight excluding hydrogens is 361 g/mol. The Hall–Kier alpha value is -1.17. The molecule has 0 spiro atoms. The van der Waals surface area contributed by atoms with E-state index in [0.29, 0.717) is 0 Å². The minimum absolute atomic E-state index is 0. The molecule has 1 aromatic rings. The highest BCUT2D eigenvalue weighted by Gasteiger charge is 2.30. The maximum absolute atomic E-state index is 12.4. The van der Waals surface area contributed by atoms with Gasteiger partial charge in [-0.25, -0.2) is 0 Å². The molecular formula is C18H29Cl2N3O2. The summed E-state index contributed by atoms with van der Waals surface area (Å²) in [7, 11) is 1.69. The molecule has 7 heteroatoms. The Labute approximate surface area is 162 Å². The number of nitrogens with two attached hydrogens (primary N) is 1. The van der Waals surface area contributed by atoms with Crippen molar-refractivity contribution in [2.75, 3.05) is 25.1 Å². The third-order valence-corrected chi connectivity index (χ3v) is 5.03. The molecule has 3 unspecified atom stereocenters. The first-order chi connectivity index (χ1) is 11.2. The summed E-state index contributed by atoms with van der Waals surface area (Å²) in [6.45, 7) is 1.88. The fourth-order valence-electron chi connectivity index (χ4n) is 3.71. The molecule has 3 rings (SSSR count). The normalized spacial score (nSPS) is 25.5. The molecule has 3 N–H and O–H groups in total. The van der Waals surface area contributed by atoms with Crippen LogP contribution in [0.25, 0.3) is 0 Å². The van der Waals surface area contributed by atoms with Gasteiger partial charge in [0.2, 0.25) is 5.91 Å². The van der Waals surface area contributed by atoms with Crippen LogP contribution in [0.2, 0.25) is 0 Å². The molecule has 2 aliphatic rings. The summed E-state index contributed by atoms with van der Waals surface area (Å²) >= 11 is 0. The zero-order valence-electron chi connectivity index (χ0n) is 14.6. The van der Waals surface area contributed by atoms with Crippen LogP contribution >= 0.6 is 24.8 Å². The summed E-state index contributed by atoms with van der Waals surface area (Å²) in [4.78, 5) is 14.7. The number of piperidine rings is 1. The van der Waals surface area contributed by atoms with Crippen molar-refractivity contribution in [3.63, 3.8) is 0 Å². The predicted octanol–water partition coefficient (Wildman–Crippen LogP) is 2.75. The Morgan fingerprint density at radius 3 is 2.76 bits per heavy atom. The Morgan fingerprint density at radius 1 is 1.28 bits per heavy atom. The number of nitrogens with zero attached hydrogens (tertiary/aromatic N) is 1. The molecule has 2 fully saturated rings. The second-order valence-corrected chi connectivity index (χ2v) is 6.77. The minimum Gasteiger partial charge on any atom is -0.497 e. The quantitative estimate of drug-likeness (QED) is 0.830. The zero-order chi connectivity index (χ0) is 16.2. The van der Waals surface area contributed by atoms with Crippen LogP contribution in [-0.4, -0.2) is 38.2 Å². The standard InChI is InChI=1S/C18H27N3O2.2ClH/c1-23-17-6-2-5-16(11-17)21-9-3-4-15(12-21)20-18(22)13-7-8-14(19)10-13;;/h2,5-6,11,13-15H,3-4,7-10,12,19H2,1H3,(H,20,22);2*1H. The minimum atomic E-state index is 0. The van der Waals surface area contributed by atoms with Crippen LogP contribution in [0.15, 0.2) is 24.3 Å². The largest absolute Gasteiger partial charge is 0.497 e. The van der Waals surface area contributed by atoms with Crippen LogP contribution < -0.4 is 20.7 Å². The first-order valence-electron chi connectivity index (χ1n) is 8.60. The summed E-state index contributed by atoms with van der Waals surface area (Å²) in [5.41, 5.74) is 7.08. The second kappa shape index (κ2) is 10.1. The lowest BCUT2D eigenvalue weighted by Gasteiger charge is -2.35. The molecule has 0 radical (unpaired) electrons. The highest BCUT2D eigenvalue weighted by molar-refractivity contribution is 5.85. The molecule has 1 aliphatic carbocycles. The van der Waals surface area contributed by atoms with Crippen molar-refractivity contribution < 1.29 is 9.53 Å². The average Bonchev–Trinajstić information content (AvgIpc) is 3.02. The number of amides is 1. The molecule has 3 atom stereocenters. The first kappa shape index (κ1) is 21.9. The van der Waals surface area contributed by atoms with Gasteiger partial charge in [0.25, 0.3) is 0 Å². The smallest absolute Gasteiger partial charge is 0.223 e. The predicted molar refractivity (Wildman–Crippen MR) is 106 cm³/mol. The maximum atomic E-state index is 12.4. The van der Waals surface area contributed by atoms with Crippen molar-refractivity contribution in [1.29, 1.82) is 0 Å². The van der Waals surface area contributed by atoms with E-state index >= 15 is 0 Å². The third kappa shape index (κ3) is 5.66. The molecule has 142 valence electrons. The van der Waals surface area contributed by atoms with E-state index < -0.39 is 0 Å². The molecule has 1 amide bonds. The van der Waals surface area contributed by atoms with Crippen LogP contribution in [0.3, 0.4) is 0 Å². The highest BCUT2D eigenvalue weighted by Crippen LogP contribution is 2.26. The van der Waals surface area contributed by atoms with Gasteiger partial charge in [0.05, 0.1) is 7.11 Å². The number of nitrogens with one attached hydrogen (secondary N) is 1. The van der Waals surface area contributed by atoms with Crippen molar-refractivity contribution in [3.8, 4) is 5.75 Å².